The fourth-order valence-corrected chi connectivity index (χ4v) is 3.26. The van der Waals surface area contributed by atoms with Gasteiger partial charge in [0.1, 0.15) is 5.82 Å². The maximum atomic E-state index is 12.3. The van der Waals surface area contributed by atoms with Crippen molar-refractivity contribution in [1.82, 2.24) is 29.8 Å². The average Bonchev–Trinajstić information content (AvgIpc) is 2.98. The Kier molecular flexibility index (Phi) is 4.76. The molecule has 0 aliphatic rings. The standard InChI is InChI=1S/C12H20N6O2S/c1-9-10(8-13-2)12(17-16-9)21(19,20)15-5-4-11-14-6-7-18(11)3/h6-7,13,15H,4-5,8H2,1-3H3,(H,16,17). The first-order chi connectivity index (χ1) is 9.95. The molecule has 0 aliphatic heterocycles. The Labute approximate surface area is 124 Å². The molecule has 0 aliphatic carbocycles. The SMILES string of the molecule is CNCc1c(S(=O)(=O)NCCc2nccn2C)n[nH]c1C. The molecule has 0 aromatic carbocycles. The average molecular weight is 312 g/mol. The molecule has 0 unspecified atom stereocenters. The molecule has 0 atom stereocenters. The van der Waals surface area contributed by atoms with Crippen molar-refractivity contribution in [2.45, 2.75) is 24.9 Å². The highest BCUT2D eigenvalue weighted by molar-refractivity contribution is 7.89. The molecule has 9 heteroatoms. The van der Waals surface area contributed by atoms with E-state index in [-0.39, 0.29) is 11.6 Å². The van der Waals surface area contributed by atoms with Crippen LogP contribution in [0.3, 0.4) is 0 Å². The Morgan fingerprint density at radius 3 is 2.81 bits per heavy atom. The van der Waals surface area contributed by atoms with Crippen molar-refractivity contribution in [3.63, 3.8) is 0 Å². The number of aryl methyl sites for hydroxylation is 2. The number of imidazole rings is 1. The second-order valence-electron chi connectivity index (χ2n) is 4.76. The number of aromatic amines is 1. The van der Waals surface area contributed by atoms with E-state index in [1.165, 1.54) is 0 Å². The zero-order chi connectivity index (χ0) is 15.5. The fraction of sp³-hybridized carbons (Fsp3) is 0.500. The number of hydrogen-bond acceptors (Lipinski definition) is 5. The van der Waals surface area contributed by atoms with Gasteiger partial charge in [-0.25, -0.2) is 18.1 Å². The number of H-pyrrole nitrogens is 1. The van der Waals surface area contributed by atoms with Crippen molar-refractivity contribution < 1.29 is 8.42 Å². The molecule has 0 radical (unpaired) electrons. The largest absolute Gasteiger partial charge is 0.338 e. The predicted molar refractivity (Wildman–Crippen MR) is 78.2 cm³/mol. The van der Waals surface area contributed by atoms with Gasteiger partial charge in [-0.15, -0.1) is 0 Å². The van der Waals surface area contributed by atoms with Crippen molar-refractivity contribution in [3.05, 3.63) is 29.5 Å². The highest BCUT2D eigenvalue weighted by atomic mass is 32.2. The maximum absolute atomic E-state index is 12.3. The summed E-state index contributed by atoms with van der Waals surface area (Å²) in [5, 5.41) is 9.61. The summed E-state index contributed by atoms with van der Waals surface area (Å²) in [6.07, 6.45) is 4.03. The molecular weight excluding hydrogens is 292 g/mol. The molecule has 2 heterocycles. The van der Waals surface area contributed by atoms with E-state index in [1.807, 2.05) is 17.8 Å². The lowest BCUT2D eigenvalue weighted by atomic mass is 10.3. The number of hydrogen-bond donors (Lipinski definition) is 3. The van der Waals surface area contributed by atoms with E-state index < -0.39 is 10.0 Å². The Balaban J connectivity index is 2.07. The van der Waals surface area contributed by atoms with Gasteiger partial charge in [-0.3, -0.25) is 5.10 Å². The van der Waals surface area contributed by atoms with Gasteiger partial charge in [0.25, 0.3) is 10.0 Å². The minimum Gasteiger partial charge on any atom is -0.338 e. The molecule has 0 fully saturated rings. The number of rotatable bonds is 7. The molecule has 0 spiro atoms. The first-order valence-electron chi connectivity index (χ1n) is 6.60. The monoisotopic (exact) mass is 312 g/mol. The Bertz CT molecular complexity index is 703. The smallest absolute Gasteiger partial charge is 0.260 e. The summed E-state index contributed by atoms with van der Waals surface area (Å²) in [5.41, 5.74) is 1.40. The van der Waals surface area contributed by atoms with Crippen LogP contribution < -0.4 is 10.0 Å². The lowest BCUT2D eigenvalue weighted by molar-refractivity contribution is 0.573. The molecule has 0 bridgehead atoms. The van der Waals surface area contributed by atoms with Gasteiger partial charge in [-0.1, -0.05) is 0 Å². The minimum atomic E-state index is -3.63. The van der Waals surface area contributed by atoms with Crippen molar-refractivity contribution in [1.29, 1.82) is 0 Å². The summed E-state index contributed by atoms with van der Waals surface area (Å²) < 4.78 is 29.0. The van der Waals surface area contributed by atoms with Crippen LogP contribution in [0.15, 0.2) is 17.4 Å². The zero-order valence-electron chi connectivity index (χ0n) is 12.3. The van der Waals surface area contributed by atoms with Gasteiger partial charge in [0.2, 0.25) is 0 Å². The van der Waals surface area contributed by atoms with Gasteiger partial charge in [0, 0.05) is 50.2 Å². The van der Waals surface area contributed by atoms with E-state index in [9.17, 15) is 8.42 Å². The lowest BCUT2D eigenvalue weighted by Gasteiger charge is -2.07. The fourth-order valence-electron chi connectivity index (χ4n) is 2.04. The molecule has 8 nitrogen and oxygen atoms in total. The van der Waals surface area contributed by atoms with Crippen LogP contribution in [0, 0.1) is 6.92 Å². The van der Waals surface area contributed by atoms with Crippen molar-refractivity contribution in [3.8, 4) is 0 Å². The molecular formula is C12H20N6O2S. The quantitative estimate of drug-likeness (QED) is 0.650. The Hall–Kier alpha value is -1.71. The number of nitrogens with one attached hydrogen (secondary N) is 3. The normalized spacial score (nSPS) is 12.0. The summed E-state index contributed by atoms with van der Waals surface area (Å²) in [5.74, 6) is 0.825. The highest BCUT2D eigenvalue weighted by Crippen LogP contribution is 2.15. The van der Waals surface area contributed by atoms with E-state index >= 15 is 0 Å². The predicted octanol–water partition coefficient (Wildman–Crippen LogP) is -0.308. The molecule has 21 heavy (non-hydrogen) atoms. The number of aromatic nitrogens is 4. The van der Waals surface area contributed by atoms with Gasteiger partial charge >= 0.3 is 0 Å². The highest BCUT2D eigenvalue weighted by Gasteiger charge is 2.23. The third kappa shape index (κ3) is 3.49. The van der Waals surface area contributed by atoms with Crippen LogP contribution in [0.4, 0.5) is 0 Å². The maximum Gasteiger partial charge on any atom is 0.260 e. The van der Waals surface area contributed by atoms with Crippen molar-refractivity contribution in [2.75, 3.05) is 13.6 Å². The van der Waals surface area contributed by atoms with Crippen LogP contribution in [0.1, 0.15) is 17.1 Å². The van der Waals surface area contributed by atoms with E-state index in [0.29, 0.717) is 18.5 Å². The lowest BCUT2D eigenvalue weighted by Crippen LogP contribution is -2.28. The second-order valence-corrected chi connectivity index (χ2v) is 6.45. The van der Waals surface area contributed by atoms with E-state index in [0.717, 1.165) is 11.5 Å². The molecule has 2 aromatic rings. The molecule has 2 aromatic heterocycles. The van der Waals surface area contributed by atoms with Crippen LogP contribution >= 0.6 is 0 Å². The third-order valence-corrected chi connectivity index (χ3v) is 4.64. The molecule has 0 amide bonds. The van der Waals surface area contributed by atoms with Gasteiger partial charge in [0.05, 0.1) is 0 Å². The first kappa shape index (κ1) is 15.7. The van der Waals surface area contributed by atoms with E-state index in [1.54, 1.807) is 20.2 Å². The molecule has 0 saturated heterocycles. The summed E-state index contributed by atoms with van der Waals surface area (Å²) in [4.78, 5) is 4.16. The number of sulfonamides is 1. The summed E-state index contributed by atoms with van der Waals surface area (Å²) in [6, 6.07) is 0. The van der Waals surface area contributed by atoms with Crippen LogP contribution in [0.2, 0.25) is 0 Å². The van der Waals surface area contributed by atoms with Gasteiger partial charge < -0.3 is 9.88 Å². The summed E-state index contributed by atoms with van der Waals surface area (Å²) in [7, 11) is 0.00742. The van der Waals surface area contributed by atoms with Crippen LogP contribution in [-0.2, 0) is 30.0 Å². The van der Waals surface area contributed by atoms with Crippen LogP contribution in [0.25, 0.3) is 0 Å². The Morgan fingerprint density at radius 2 is 2.19 bits per heavy atom. The van der Waals surface area contributed by atoms with Gasteiger partial charge in [-0.2, -0.15) is 5.10 Å². The topological polar surface area (TPSA) is 105 Å². The first-order valence-corrected chi connectivity index (χ1v) is 8.08. The molecule has 2 rings (SSSR count). The zero-order valence-corrected chi connectivity index (χ0v) is 13.2. The van der Waals surface area contributed by atoms with Crippen molar-refractivity contribution >= 4 is 10.0 Å². The molecule has 3 N–H and O–H groups in total. The second kappa shape index (κ2) is 6.37. The van der Waals surface area contributed by atoms with Gasteiger partial charge in [0.15, 0.2) is 5.03 Å². The Morgan fingerprint density at radius 1 is 1.43 bits per heavy atom. The number of nitrogens with zero attached hydrogens (tertiary/aromatic N) is 3. The van der Waals surface area contributed by atoms with E-state index in [4.69, 9.17) is 0 Å². The third-order valence-electron chi connectivity index (χ3n) is 3.21. The molecule has 0 saturated carbocycles. The van der Waals surface area contributed by atoms with Crippen LogP contribution in [0.5, 0.6) is 0 Å². The van der Waals surface area contributed by atoms with E-state index in [2.05, 4.69) is 25.2 Å². The minimum absolute atomic E-state index is 0.0502. The summed E-state index contributed by atoms with van der Waals surface area (Å²) >= 11 is 0. The van der Waals surface area contributed by atoms with Crippen LogP contribution in [-0.4, -0.2) is 41.8 Å². The van der Waals surface area contributed by atoms with Gasteiger partial charge in [-0.05, 0) is 14.0 Å². The summed E-state index contributed by atoms with van der Waals surface area (Å²) in [6.45, 7) is 2.52. The molecule has 116 valence electrons. The van der Waals surface area contributed by atoms with Crippen molar-refractivity contribution in [2.24, 2.45) is 7.05 Å².